The predicted molar refractivity (Wildman–Crippen MR) is 106 cm³/mol. The van der Waals surface area contributed by atoms with E-state index in [1.807, 2.05) is 6.07 Å². The number of anilines is 1. The monoisotopic (exact) mass is 396 g/mol. The fourth-order valence-electron chi connectivity index (χ4n) is 2.44. The van der Waals surface area contributed by atoms with E-state index in [9.17, 15) is 9.59 Å². The number of ether oxygens (including phenoxy) is 1. The maximum atomic E-state index is 12.6. The average Bonchev–Trinajstić information content (AvgIpc) is 2.73. The Kier molecular flexibility index (Phi) is 6.18. The summed E-state index contributed by atoms with van der Waals surface area (Å²) in [6.07, 6.45) is 4.73. The van der Waals surface area contributed by atoms with Crippen molar-refractivity contribution in [1.29, 1.82) is 0 Å². The summed E-state index contributed by atoms with van der Waals surface area (Å²) in [5.41, 5.74) is 1.70. The Bertz CT molecular complexity index is 996. The first-order chi connectivity index (χ1) is 13.6. The van der Waals surface area contributed by atoms with E-state index in [-0.39, 0.29) is 17.2 Å². The Morgan fingerprint density at radius 2 is 1.96 bits per heavy atom. The van der Waals surface area contributed by atoms with Crippen molar-refractivity contribution in [3.8, 4) is 5.75 Å². The molecule has 0 bridgehead atoms. The molecule has 8 heteroatoms. The molecular weight excluding hydrogens is 380 g/mol. The van der Waals surface area contributed by atoms with Gasteiger partial charge in [-0.05, 0) is 42.0 Å². The summed E-state index contributed by atoms with van der Waals surface area (Å²) in [6, 6.07) is 11.5. The molecule has 2 heterocycles. The van der Waals surface area contributed by atoms with Crippen LogP contribution in [-0.4, -0.2) is 28.9 Å². The lowest BCUT2D eigenvalue weighted by Crippen LogP contribution is -2.24. The maximum Gasteiger partial charge on any atom is 0.270 e. The van der Waals surface area contributed by atoms with Crippen molar-refractivity contribution >= 4 is 29.1 Å². The average molecular weight is 397 g/mol. The standard InChI is InChI=1S/C20H17ClN4O3/c1-28-18-5-4-15(21)10-16(18)25-19(26)14-6-8-23-17(9-14)20(27)24-12-13-3-2-7-22-11-13/h2-11H,12H2,1H3,(H,24,27)(H,25,26). The lowest BCUT2D eigenvalue weighted by Gasteiger charge is -2.11. The van der Waals surface area contributed by atoms with Crippen molar-refractivity contribution < 1.29 is 14.3 Å². The minimum absolute atomic E-state index is 0.134. The molecule has 1 aromatic carbocycles. The van der Waals surface area contributed by atoms with Crippen molar-refractivity contribution in [3.63, 3.8) is 0 Å². The number of amides is 2. The molecule has 142 valence electrons. The molecule has 0 saturated carbocycles. The number of hydrogen-bond donors (Lipinski definition) is 2. The van der Waals surface area contributed by atoms with E-state index >= 15 is 0 Å². The van der Waals surface area contributed by atoms with E-state index in [1.165, 1.54) is 25.4 Å². The molecule has 0 aliphatic rings. The summed E-state index contributed by atoms with van der Waals surface area (Å²) in [6.45, 7) is 0.310. The van der Waals surface area contributed by atoms with E-state index in [2.05, 4.69) is 20.6 Å². The predicted octanol–water partition coefficient (Wildman–Crippen LogP) is 3.32. The van der Waals surface area contributed by atoms with Gasteiger partial charge < -0.3 is 15.4 Å². The van der Waals surface area contributed by atoms with E-state index in [0.29, 0.717) is 23.0 Å². The number of aromatic nitrogens is 2. The van der Waals surface area contributed by atoms with E-state index in [0.717, 1.165) is 5.56 Å². The molecule has 0 aliphatic heterocycles. The molecule has 0 spiro atoms. The largest absolute Gasteiger partial charge is 0.495 e. The van der Waals surface area contributed by atoms with Gasteiger partial charge in [-0.2, -0.15) is 0 Å². The second-order valence-electron chi connectivity index (χ2n) is 5.77. The highest BCUT2D eigenvalue weighted by Crippen LogP contribution is 2.28. The summed E-state index contributed by atoms with van der Waals surface area (Å²) in [7, 11) is 1.50. The number of hydrogen-bond acceptors (Lipinski definition) is 5. The molecule has 0 saturated heterocycles. The molecule has 0 atom stereocenters. The Hall–Kier alpha value is -3.45. The van der Waals surface area contributed by atoms with Crippen LogP contribution in [0.4, 0.5) is 5.69 Å². The number of carbonyl (C=O) groups is 2. The van der Waals surface area contributed by atoms with Crippen LogP contribution in [0.2, 0.25) is 5.02 Å². The molecule has 0 radical (unpaired) electrons. The van der Waals surface area contributed by atoms with Crippen LogP contribution in [0.25, 0.3) is 0 Å². The van der Waals surface area contributed by atoms with Gasteiger partial charge in [0.2, 0.25) is 0 Å². The lowest BCUT2D eigenvalue weighted by molar-refractivity contribution is 0.0946. The van der Waals surface area contributed by atoms with Crippen LogP contribution in [0.1, 0.15) is 26.4 Å². The van der Waals surface area contributed by atoms with Gasteiger partial charge in [-0.3, -0.25) is 19.6 Å². The van der Waals surface area contributed by atoms with E-state index in [4.69, 9.17) is 16.3 Å². The molecule has 0 aliphatic carbocycles. The quantitative estimate of drug-likeness (QED) is 0.666. The SMILES string of the molecule is COc1ccc(Cl)cc1NC(=O)c1ccnc(C(=O)NCc2cccnc2)c1. The molecule has 3 aromatic rings. The van der Waals surface area contributed by atoms with Crippen molar-refractivity contribution in [2.45, 2.75) is 6.54 Å². The molecule has 3 rings (SSSR count). The van der Waals surface area contributed by atoms with Crippen LogP contribution < -0.4 is 15.4 Å². The van der Waals surface area contributed by atoms with Crippen LogP contribution >= 0.6 is 11.6 Å². The minimum atomic E-state index is -0.413. The first-order valence-corrected chi connectivity index (χ1v) is 8.72. The number of nitrogens with one attached hydrogen (secondary N) is 2. The van der Waals surface area contributed by atoms with Crippen LogP contribution in [0.15, 0.2) is 61.1 Å². The number of pyridine rings is 2. The Balaban J connectivity index is 1.71. The molecule has 2 amide bonds. The Morgan fingerprint density at radius 3 is 2.71 bits per heavy atom. The summed E-state index contributed by atoms with van der Waals surface area (Å²) < 4.78 is 5.22. The summed E-state index contributed by atoms with van der Waals surface area (Å²) >= 11 is 5.98. The molecule has 28 heavy (non-hydrogen) atoms. The van der Waals surface area contributed by atoms with Gasteiger partial charge >= 0.3 is 0 Å². The van der Waals surface area contributed by atoms with Crippen molar-refractivity contribution in [2.24, 2.45) is 0 Å². The molecule has 0 fully saturated rings. The van der Waals surface area contributed by atoms with Crippen LogP contribution in [-0.2, 0) is 6.54 Å². The summed E-state index contributed by atoms with van der Waals surface area (Å²) in [4.78, 5) is 32.9. The van der Waals surface area contributed by atoms with Crippen LogP contribution in [0.5, 0.6) is 5.75 Å². The van der Waals surface area contributed by atoms with Crippen molar-refractivity contribution in [3.05, 3.63) is 82.9 Å². The van der Waals surface area contributed by atoms with Gasteiger partial charge in [0, 0.05) is 35.7 Å². The fourth-order valence-corrected chi connectivity index (χ4v) is 2.62. The lowest BCUT2D eigenvalue weighted by atomic mass is 10.2. The minimum Gasteiger partial charge on any atom is -0.495 e. The topological polar surface area (TPSA) is 93.2 Å². The van der Waals surface area contributed by atoms with E-state index in [1.54, 1.807) is 36.7 Å². The molecule has 2 aromatic heterocycles. The highest BCUT2D eigenvalue weighted by molar-refractivity contribution is 6.31. The normalized spacial score (nSPS) is 10.2. The number of nitrogens with zero attached hydrogens (tertiary/aromatic N) is 2. The summed E-state index contributed by atoms with van der Waals surface area (Å²) in [5.74, 6) is -0.329. The Morgan fingerprint density at radius 1 is 1.11 bits per heavy atom. The van der Waals surface area contributed by atoms with Gasteiger partial charge in [-0.25, -0.2) is 0 Å². The van der Waals surface area contributed by atoms with Gasteiger partial charge in [0.1, 0.15) is 11.4 Å². The number of carbonyl (C=O) groups excluding carboxylic acids is 2. The third kappa shape index (κ3) is 4.83. The third-order valence-electron chi connectivity index (χ3n) is 3.84. The second-order valence-corrected chi connectivity index (χ2v) is 6.21. The number of halogens is 1. The van der Waals surface area contributed by atoms with Gasteiger partial charge in [0.25, 0.3) is 11.8 Å². The third-order valence-corrected chi connectivity index (χ3v) is 4.08. The molecular formula is C20H17ClN4O3. The van der Waals surface area contributed by atoms with Crippen molar-refractivity contribution in [2.75, 3.05) is 12.4 Å². The highest BCUT2D eigenvalue weighted by Gasteiger charge is 2.14. The Labute approximate surface area is 166 Å². The molecule has 7 nitrogen and oxygen atoms in total. The van der Waals surface area contributed by atoms with Crippen LogP contribution in [0, 0.1) is 0 Å². The zero-order valence-electron chi connectivity index (χ0n) is 15.0. The smallest absolute Gasteiger partial charge is 0.270 e. The van der Waals surface area contributed by atoms with Gasteiger partial charge in [0.05, 0.1) is 12.8 Å². The fraction of sp³-hybridized carbons (Fsp3) is 0.100. The molecule has 2 N–H and O–H groups in total. The second kappa shape index (κ2) is 8.96. The van der Waals surface area contributed by atoms with Gasteiger partial charge in [0.15, 0.2) is 0 Å². The number of rotatable bonds is 6. The van der Waals surface area contributed by atoms with Gasteiger partial charge in [-0.15, -0.1) is 0 Å². The molecule has 0 unspecified atom stereocenters. The van der Waals surface area contributed by atoms with Crippen molar-refractivity contribution in [1.82, 2.24) is 15.3 Å². The highest BCUT2D eigenvalue weighted by atomic mass is 35.5. The van der Waals surface area contributed by atoms with E-state index < -0.39 is 5.91 Å². The summed E-state index contributed by atoms with van der Waals surface area (Å²) in [5, 5.41) is 5.93. The first kappa shape index (κ1) is 19.3. The maximum absolute atomic E-state index is 12.6. The first-order valence-electron chi connectivity index (χ1n) is 8.35. The van der Waals surface area contributed by atoms with Crippen LogP contribution in [0.3, 0.4) is 0 Å². The van der Waals surface area contributed by atoms with Gasteiger partial charge in [-0.1, -0.05) is 17.7 Å². The number of benzene rings is 1. The number of methoxy groups -OCH3 is 1. The zero-order valence-corrected chi connectivity index (χ0v) is 15.7. The zero-order chi connectivity index (χ0) is 19.9.